The smallest absolute Gasteiger partial charge is 0.328 e. The molecule has 5 nitrogen and oxygen atoms in total. The van der Waals surface area contributed by atoms with Gasteiger partial charge in [0, 0.05) is 12.2 Å². The van der Waals surface area contributed by atoms with Gasteiger partial charge in [-0.3, -0.25) is 0 Å². The SMILES string of the molecule is C=CO.O=C(O)/C=C\C(=O)O. The molecule has 11 heavy (non-hydrogen) atoms. The third kappa shape index (κ3) is 30.7. The number of aliphatic hydroxyl groups excluding tert-OH is 1. The molecular formula is C6H8O5. The van der Waals surface area contributed by atoms with Crippen LogP contribution in [-0.4, -0.2) is 27.3 Å². The van der Waals surface area contributed by atoms with Crippen molar-refractivity contribution in [2.75, 3.05) is 0 Å². The first-order valence-corrected chi connectivity index (χ1v) is 2.43. The van der Waals surface area contributed by atoms with Crippen molar-refractivity contribution < 1.29 is 24.9 Å². The lowest BCUT2D eigenvalue weighted by molar-refractivity contribution is -0.134. The summed E-state index contributed by atoms with van der Waals surface area (Å²) in [6.07, 6.45) is 1.87. The fourth-order valence-electron chi connectivity index (χ4n) is 0.143. The predicted octanol–water partition coefficient (Wildman–Crippen LogP) is 0.400. The summed E-state index contributed by atoms with van der Waals surface area (Å²) in [4.78, 5) is 19.1. The largest absolute Gasteiger partial charge is 0.516 e. The number of hydrogen-bond donors (Lipinski definition) is 3. The maximum atomic E-state index is 9.55. The molecule has 0 aliphatic carbocycles. The fourth-order valence-corrected chi connectivity index (χ4v) is 0.143. The molecule has 0 rings (SSSR count). The van der Waals surface area contributed by atoms with E-state index in [0.717, 1.165) is 6.26 Å². The van der Waals surface area contributed by atoms with Crippen molar-refractivity contribution in [3.8, 4) is 0 Å². The molecule has 0 saturated carbocycles. The Morgan fingerprint density at radius 1 is 1.09 bits per heavy atom. The highest BCUT2D eigenvalue weighted by atomic mass is 16.4. The van der Waals surface area contributed by atoms with Gasteiger partial charge in [-0.05, 0) is 0 Å². The lowest BCUT2D eigenvalue weighted by atomic mass is 10.5. The molecule has 3 N–H and O–H groups in total. The molecular weight excluding hydrogens is 152 g/mol. The Morgan fingerprint density at radius 3 is 1.36 bits per heavy atom. The number of rotatable bonds is 2. The maximum Gasteiger partial charge on any atom is 0.328 e. The van der Waals surface area contributed by atoms with Crippen LogP contribution in [0, 0.1) is 0 Å². The first kappa shape index (κ1) is 12.0. The minimum atomic E-state index is -1.26. The van der Waals surface area contributed by atoms with E-state index in [1.165, 1.54) is 0 Å². The van der Waals surface area contributed by atoms with Crippen LogP contribution in [0.4, 0.5) is 0 Å². The van der Waals surface area contributed by atoms with E-state index in [-0.39, 0.29) is 0 Å². The topological polar surface area (TPSA) is 94.8 Å². The van der Waals surface area contributed by atoms with Crippen LogP contribution in [0.15, 0.2) is 25.0 Å². The molecule has 0 fully saturated rings. The van der Waals surface area contributed by atoms with Gasteiger partial charge in [-0.15, -0.1) is 0 Å². The molecule has 5 heteroatoms. The summed E-state index contributed by atoms with van der Waals surface area (Å²) in [6.45, 7) is 2.92. The highest BCUT2D eigenvalue weighted by molar-refractivity contribution is 5.89. The van der Waals surface area contributed by atoms with Gasteiger partial charge in [0.1, 0.15) is 0 Å². The molecule has 0 heterocycles. The number of carbonyl (C=O) groups is 2. The molecule has 0 aliphatic heterocycles. The average Bonchev–Trinajstić information content (AvgIpc) is 1.85. The summed E-state index contributed by atoms with van der Waals surface area (Å²) in [5.74, 6) is -2.51. The van der Waals surface area contributed by atoms with Crippen molar-refractivity contribution in [1.29, 1.82) is 0 Å². The lowest BCUT2D eigenvalue weighted by Gasteiger charge is -1.74. The summed E-state index contributed by atoms with van der Waals surface area (Å²) in [5.41, 5.74) is 0. The molecule has 0 aromatic rings. The standard InChI is InChI=1S/C4H4O4.C2H4O/c5-3(6)1-2-4(7)8;1-2-3/h1-2H,(H,5,6)(H,7,8);2-3H,1H2/b2-1-;. The lowest BCUT2D eigenvalue weighted by Crippen LogP contribution is -1.91. The van der Waals surface area contributed by atoms with Gasteiger partial charge in [0.05, 0.1) is 6.26 Å². The zero-order chi connectivity index (χ0) is 9.28. The summed E-state index contributed by atoms with van der Waals surface area (Å²) >= 11 is 0. The van der Waals surface area contributed by atoms with Crippen LogP contribution in [0.1, 0.15) is 0 Å². The summed E-state index contributed by atoms with van der Waals surface area (Å²) < 4.78 is 0. The molecule has 0 aromatic heterocycles. The molecule has 0 spiro atoms. The van der Waals surface area contributed by atoms with Gasteiger partial charge < -0.3 is 15.3 Å². The van der Waals surface area contributed by atoms with Gasteiger partial charge in [-0.25, -0.2) is 9.59 Å². The van der Waals surface area contributed by atoms with Crippen LogP contribution in [-0.2, 0) is 9.59 Å². The van der Waals surface area contributed by atoms with Crippen molar-refractivity contribution in [3.63, 3.8) is 0 Å². The Balaban J connectivity index is 0. The second-order valence-electron chi connectivity index (χ2n) is 1.19. The van der Waals surface area contributed by atoms with Crippen LogP contribution in [0.3, 0.4) is 0 Å². The molecule has 0 atom stereocenters. The minimum absolute atomic E-state index is 0.558. The summed E-state index contributed by atoms with van der Waals surface area (Å²) in [5, 5.41) is 23.0. The predicted molar refractivity (Wildman–Crippen MR) is 37.2 cm³/mol. The van der Waals surface area contributed by atoms with E-state index in [2.05, 4.69) is 6.58 Å². The van der Waals surface area contributed by atoms with E-state index in [0.29, 0.717) is 12.2 Å². The van der Waals surface area contributed by atoms with Gasteiger partial charge in [0.2, 0.25) is 0 Å². The minimum Gasteiger partial charge on any atom is -0.516 e. The van der Waals surface area contributed by atoms with Gasteiger partial charge in [0.25, 0.3) is 0 Å². The van der Waals surface area contributed by atoms with E-state index < -0.39 is 11.9 Å². The highest BCUT2D eigenvalue weighted by Gasteiger charge is 1.88. The number of aliphatic hydroxyl groups is 1. The normalized spacial score (nSPS) is 8.00. The molecule has 0 aliphatic rings. The molecule has 62 valence electrons. The molecule has 0 bridgehead atoms. The van der Waals surface area contributed by atoms with E-state index in [4.69, 9.17) is 15.3 Å². The fraction of sp³-hybridized carbons (Fsp3) is 0. The Bertz CT molecular complexity index is 154. The maximum absolute atomic E-state index is 9.55. The Kier molecular flexibility index (Phi) is 8.93. The second-order valence-corrected chi connectivity index (χ2v) is 1.19. The highest BCUT2D eigenvalue weighted by Crippen LogP contribution is 1.70. The van der Waals surface area contributed by atoms with Crippen LogP contribution in [0.25, 0.3) is 0 Å². The number of carboxylic acid groups (broad SMARTS) is 2. The third-order valence-electron chi connectivity index (χ3n) is 0.368. The zero-order valence-corrected chi connectivity index (χ0v) is 5.60. The first-order chi connectivity index (χ1) is 5.04. The second kappa shape index (κ2) is 8.22. The summed E-state index contributed by atoms with van der Waals surface area (Å²) in [6, 6.07) is 0. The summed E-state index contributed by atoms with van der Waals surface area (Å²) in [7, 11) is 0. The van der Waals surface area contributed by atoms with Crippen molar-refractivity contribution >= 4 is 11.9 Å². The van der Waals surface area contributed by atoms with Crippen LogP contribution in [0.2, 0.25) is 0 Å². The van der Waals surface area contributed by atoms with Gasteiger partial charge in [0.15, 0.2) is 0 Å². The monoisotopic (exact) mass is 160 g/mol. The van der Waals surface area contributed by atoms with E-state index in [1.54, 1.807) is 0 Å². The third-order valence-corrected chi connectivity index (χ3v) is 0.368. The quantitative estimate of drug-likeness (QED) is 0.401. The van der Waals surface area contributed by atoms with Crippen molar-refractivity contribution in [3.05, 3.63) is 25.0 Å². The molecule has 0 radical (unpaired) electrons. The molecule has 0 unspecified atom stereocenters. The molecule has 0 saturated heterocycles. The van der Waals surface area contributed by atoms with Crippen LogP contribution < -0.4 is 0 Å². The molecule has 0 amide bonds. The average molecular weight is 160 g/mol. The van der Waals surface area contributed by atoms with Crippen LogP contribution in [0.5, 0.6) is 0 Å². The Hall–Kier alpha value is -1.78. The molecule has 0 aromatic carbocycles. The van der Waals surface area contributed by atoms with Crippen molar-refractivity contribution in [1.82, 2.24) is 0 Å². The van der Waals surface area contributed by atoms with E-state index >= 15 is 0 Å². The number of hydrogen-bond acceptors (Lipinski definition) is 3. The Labute approximate surface area is 62.9 Å². The number of carboxylic acids is 2. The van der Waals surface area contributed by atoms with Crippen molar-refractivity contribution in [2.24, 2.45) is 0 Å². The van der Waals surface area contributed by atoms with Crippen LogP contribution >= 0.6 is 0 Å². The van der Waals surface area contributed by atoms with E-state index in [1.807, 2.05) is 0 Å². The first-order valence-electron chi connectivity index (χ1n) is 2.43. The van der Waals surface area contributed by atoms with Gasteiger partial charge in [-0.1, -0.05) is 6.58 Å². The zero-order valence-electron chi connectivity index (χ0n) is 5.60. The van der Waals surface area contributed by atoms with Gasteiger partial charge in [-0.2, -0.15) is 0 Å². The van der Waals surface area contributed by atoms with Gasteiger partial charge >= 0.3 is 11.9 Å². The van der Waals surface area contributed by atoms with Crippen molar-refractivity contribution in [2.45, 2.75) is 0 Å². The number of aliphatic carboxylic acids is 2. The van der Waals surface area contributed by atoms with E-state index in [9.17, 15) is 9.59 Å². The Morgan fingerprint density at radius 2 is 1.27 bits per heavy atom.